The number of halogens is 1. The van der Waals surface area contributed by atoms with Gasteiger partial charge in [-0.1, -0.05) is 6.42 Å². The van der Waals surface area contributed by atoms with Crippen LogP contribution in [0.15, 0.2) is 32.3 Å². The van der Waals surface area contributed by atoms with Crippen molar-refractivity contribution in [2.45, 2.75) is 43.3 Å². The van der Waals surface area contributed by atoms with Crippen molar-refractivity contribution < 1.29 is 17.2 Å². The van der Waals surface area contributed by atoms with Crippen LogP contribution >= 0.6 is 0 Å². The molecular weight excluding hydrogens is 335 g/mol. The van der Waals surface area contributed by atoms with Crippen molar-refractivity contribution in [3.8, 4) is 0 Å². The molecule has 0 bridgehead atoms. The van der Waals surface area contributed by atoms with Crippen LogP contribution in [0.1, 0.15) is 25.7 Å². The van der Waals surface area contributed by atoms with Crippen molar-refractivity contribution in [2.24, 2.45) is 5.92 Å². The molecule has 1 aromatic heterocycles. The molecule has 0 N–H and O–H groups in total. The van der Waals surface area contributed by atoms with Crippen LogP contribution in [0.3, 0.4) is 0 Å². The van der Waals surface area contributed by atoms with Gasteiger partial charge in [-0.2, -0.15) is 0 Å². The Morgan fingerprint density at radius 3 is 2.75 bits per heavy atom. The predicted molar refractivity (Wildman–Crippen MR) is 88.2 cm³/mol. The number of benzene rings is 1. The minimum absolute atomic E-state index is 0.0717. The molecule has 1 aliphatic carbocycles. The highest BCUT2D eigenvalue weighted by Gasteiger charge is 2.24. The van der Waals surface area contributed by atoms with Gasteiger partial charge in [-0.15, -0.1) is 0 Å². The number of aromatic nitrogens is 1. The molecule has 1 aromatic carbocycles. The zero-order chi connectivity index (χ0) is 17.5. The van der Waals surface area contributed by atoms with Gasteiger partial charge in [0, 0.05) is 26.7 Å². The maximum Gasteiger partial charge on any atom is 0.419 e. The third kappa shape index (κ3) is 3.12. The molecule has 1 heterocycles. The Labute approximate surface area is 139 Å². The third-order valence-corrected chi connectivity index (χ3v) is 6.39. The number of oxazole rings is 1. The van der Waals surface area contributed by atoms with Crippen LogP contribution in [0.4, 0.5) is 4.39 Å². The number of fused-ring (bicyclic) bond motifs is 1. The minimum atomic E-state index is -3.59. The fourth-order valence-corrected chi connectivity index (χ4v) is 4.16. The Bertz CT molecular complexity index is 900. The molecular formula is C16H21FN2O4S. The largest absolute Gasteiger partial charge is 0.419 e. The first kappa shape index (κ1) is 17.2. The Morgan fingerprint density at radius 2 is 2.08 bits per heavy atom. The van der Waals surface area contributed by atoms with Crippen LogP contribution in [0.2, 0.25) is 0 Å². The maximum absolute atomic E-state index is 13.6. The standard InChI is InChI=1S/C16H21FN2O4S/c1-18(2)24(21,22)13-6-7-14-15(9-13)23-16(20)19(14)10-11-4-3-5-12(17)8-11/h6-7,9,11-12H,3-5,8,10H2,1-2H3. The number of sulfonamides is 1. The van der Waals surface area contributed by atoms with Crippen LogP contribution in [0.25, 0.3) is 11.1 Å². The average molecular weight is 356 g/mol. The van der Waals surface area contributed by atoms with Gasteiger partial charge in [0.15, 0.2) is 5.58 Å². The highest BCUT2D eigenvalue weighted by Crippen LogP contribution is 2.28. The molecule has 0 saturated heterocycles. The topological polar surface area (TPSA) is 72.5 Å². The molecule has 6 nitrogen and oxygen atoms in total. The van der Waals surface area contributed by atoms with Gasteiger partial charge in [-0.05, 0) is 37.3 Å². The lowest BCUT2D eigenvalue weighted by atomic mass is 9.88. The summed E-state index contributed by atoms with van der Waals surface area (Å²) in [5.74, 6) is -0.442. The first-order chi connectivity index (χ1) is 11.3. The van der Waals surface area contributed by atoms with E-state index >= 15 is 0 Å². The summed E-state index contributed by atoms with van der Waals surface area (Å²) < 4.78 is 45.7. The van der Waals surface area contributed by atoms with E-state index in [1.807, 2.05) is 0 Å². The van der Waals surface area contributed by atoms with Crippen LogP contribution in [0.5, 0.6) is 0 Å². The number of alkyl halides is 1. The van der Waals surface area contributed by atoms with Crippen LogP contribution in [0, 0.1) is 5.92 Å². The summed E-state index contributed by atoms with van der Waals surface area (Å²) in [6.07, 6.45) is 1.93. The van der Waals surface area contributed by atoms with Crippen molar-refractivity contribution in [1.82, 2.24) is 8.87 Å². The Morgan fingerprint density at radius 1 is 1.33 bits per heavy atom. The van der Waals surface area contributed by atoms with E-state index in [1.54, 1.807) is 6.07 Å². The lowest BCUT2D eigenvalue weighted by Gasteiger charge is -2.24. The van der Waals surface area contributed by atoms with Crippen molar-refractivity contribution in [3.63, 3.8) is 0 Å². The molecule has 2 unspecified atom stereocenters. The fraction of sp³-hybridized carbons (Fsp3) is 0.562. The molecule has 132 valence electrons. The van der Waals surface area contributed by atoms with Gasteiger partial charge in [-0.3, -0.25) is 4.57 Å². The first-order valence-corrected chi connectivity index (χ1v) is 9.43. The molecule has 24 heavy (non-hydrogen) atoms. The minimum Gasteiger partial charge on any atom is -0.408 e. The number of nitrogens with zero attached hydrogens (tertiary/aromatic N) is 2. The summed E-state index contributed by atoms with van der Waals surface area (Å²) in [5.41, 5.74) is 0.772. The van der Waals surface area contributed by atoms with Crippen molar-refractivity contribution >= 4 is 21.1 Å². The normalized spacial score (nSPS) is 22.3. The van der Waals surface area contributed by atoms with Crippen LogP contribution < -0.4 is 5.76 Å². The van der Waals surface area contributed by atoms with Crippen molar-refractivity contribution in [3.05, 3.63) is 28.7 Å². The van der Waals surface area contributed by atoms with Gasteiger partial charge < -0.3 is 4.42 Å². The van der Waals surface area contributed by atoms with Gasteiger partial charge >= 0.3 is 5.76 Å². The second kappa shape index (κ2) is 6.33. The molecule has 0 radical (unpaired) electrons. The maximum atomic E-state index is 13.6. The van der Waals surface area contributed by atoms with E-state index < -0.39 is 22.0 Å². The monoisotopic (exact) mass is 356 g/mol. The SMILES string of the molecule is CN(C)S(=O)(=O)c1ccc2c(c1)oc(=O)n2CC1CCCC(F)C1. The zero-order valence-electron chi connectivity index (χ0n) is 13.7. The summed E-state index contributed by atoms with van der Waals surface area (Å²) in [6.45, 7) is 0.395. The van der Waals surface area contributed by atoms with Gasteiger partial charge in [0.25, 0.3) is 0 Å². The highest BCUT2D eigenvalue weighted by atomic mass is 32.2. The molecule has 3 rings (SSSR count). The quantitative estimate of drug-likeness (QED) is 0.843. The smallest absolute Gasteiger partial charge is 0.408 e. The average Bonchev–Trinajstić information content (AvgIpc) is 2.82. The van der Waals surface area contributed by atoms with Crippen LogP contribution in [-0.2, 0) is 16.6 Å². The molecule has 1 saturated carbocycles. The van der Waals surface area contributed by atoms with Crippen molar-refractivity contribution in [1.29, 1.82) is 0 Å². The molecule has 2 aromatic rings. The molecule has 1 aliphatic rings. The fourth-order valence-electron chi connectivity index (χ4n) is 3.24. The number of hydrogen-bond donors (Lipinski definition) is 0. The van der Waals surface area contributed by atoms with Gasteiger partial charge in [-0.25, -0.2) is 21.9 Å². The van der Waals surface area contributed by atoms with E-state index in [0.717, 1.165) is 17.1 Å². The van der Waals surface area contributed by atoms with E-state index in [2.05, 4.69) is 0 Å². The third-order valence-electron chi connectivity index (χ3n) is 4.58. The lowest BCUT2D eigenvalue weighted by molar-refractivity contribution is 0.184. The van der Waals surface area contributed by atoms with Gasteiger partial charge in [0.2, 0.25) is 10.0 Å². The van der Waals surface area contributed by atoms with Gasteiger partial charge in [0.1, 0.15) is 6.17 Å². The summed E-state index contributed by atoms with van der Waals surface area (Å²) in [6, 6.07) is 4.40. The van der Waals surface area contributed by atoms with E-state index in [0.29, 0.717) is 24.9 Å². The van der Waals surface area contributed by atoms with E-state index in [4.69, 9.17) is 4.42 Å². The molecule has 0 spiro atoms. The Hall–Kier alpha value is -1.67. The molecule has 8 heteroatoms. The number of hydrogen-bond acceptors (Lipinski definition) is 4. The Balaban J connectivity index is 1.96. The van der Waals surface area contributed by atoms with Crippen molar-refractivity contribution in [2.75, 3.05) is 14.1 Å². The molecule has 2 atom stereocenters. The molecule has 1 fully saturated rings. The van der Waals surface area contributed by atoms with Gasteiger partial charge in [0.05, 0.1) is 10.4 Å². The highest BCUT2D eigenvalue weighted by molar-refractivity contribution is 7.89. The number of rotatable bonds is 4. The summed E-state index contributed by atoms with van der Waals surface area (Å²) in [4.78, 5) is 12.2. The van der Waals surface area contributed by atoms with E-state index in [1.165, 1.54) is 30.8 Å². The zero-order valence-corrected chi connectivity index (χ0v) is 14.6. The summed E-state index contributed by atoms with van der Waals surface area (Å²) in [5, 5.41) is 0. The van der Waals surface area contributed by atoms with E-state index in [-0.39, 0.29) is 16.4 Å². The molecule has 0 amide bonds. The molecule has 0 aliphatic heterocycles. The predicted octanol–water partition coefficient (Wildman–Crippen LogP) is 2.37. The second-order valence-corrected chi connectivity index (χ2v) is 8.68. The summed E-state index contributed by atoms with van der Waals surface area (Å²) >= 11 is 0. The summed E-state index contributed by atoms with van der Waals surface area (Å²) in [7, 11) is -0.710. The lowest BCUT2D eigenvalue weighted by Crippen LogP contribution is -2.25. The second-order valence-electron chi connectivity index (χ2n) is 6.53. The first-order valence-electron chi connectivity index (χ1n) is 7.99. The Kier molecular flexibility index (Phi) is 4.52. The van der Waals surface area contributed by atoms with Crippen LogP contribution in [-0.4, -0.2) is 37.6 Å². The van der Waals surface area contributed by atoms with E-state index in [9.17, 15) is 17.6 Å².